The van der Waals surface area contributed by atoms with Crippen LogP contribution in [0.3, 0.4) is 0 Å². The van der Waals surface area contributed by atoms with Crippen LogP contribution in [0.5, 0.6) is 5.75 Å². The van der Waals surface area contributed by atoms with Crippen LogP contribution in [-0.4, -0.2) is 24.1 Å². The number of ether oxygens (including phenoxy) is 1. The maximum atomic E-state index is 11.9. The minimum Gasteiger partial charge on any atom is -0.497 e. The number of methoxy groups -OCH3 is 1. The molecule has 0 saturated heterocycles. The largest absolute Gasteiger partial charge is 0.497 e. The van der Waals surface area contributed by atoms with Crippen LogP contribution in [0.2, 0.25) is 0 Å². The topological polar surface area (TPSA) is 39.2 Å². The van der Waals surface area contributed by atoms with Crippen molar-refractivity contribution < 1.29 is 22.7 Å². The highest BCUT2D eigenvalue weighted by molar-refractivity contribution is 5.85. The molecule has 0 aliphatic heterocycles. The number of Topliss-reactive ketones (excluding diaryl/α,β-unsaturated/α-hetero) is 1. The molecule has 1 heterocycles. The highest BCUT2D eigenvalue weighted by Crippen LogP contribution is 2.19. The third kappa shape index (κ3) is 3.23. The quantitative estimate of drug-likeness (QED) is 0.777. The molecule has 0 atom stereocenters. The average molecular weight is 219 g/mol. The van der Waals surface area contributed by atoms with Crippen LogP contribution in [0, 0.1) is 0 Å². The molecule has 1 rings (SSSR count). The predicted octanol–water partition coefficient (Wildman–Crippen LogP) is 1.76. The average Bonchev–Trinajstić information content (AvgIpc) is 2.16. The lowest BCUT2D eigenvalue weighted by Crippen LogP contribution is -2.24. The molecule has 0 radical (unpaired) electrons. The van der Waals surface area contributed by atoms with Gasteiger partial charge in [0.05, 0.1) is 19.2 Å². The van der Waals surface area contributed by atoms with Crippen LogP contribution >= 0.6 is 0 Å². The van der Waals surface area contributed by atoms with Gasteiger partial charge in [-0.3, -0.25) is 9.78 Å². The van der Waals surface area contributed by atoms with Crippen LogP contribution in [0.1, 0.15) is 5.69 Å². The Labute approximate surface area is 83.9 Å². The molecule has 0 fully saturated rings. The monoisotopic (exact) mass is 219 g/mol. The fourth-order valence-corrected chi connectivity index (χ4v) is 0.944. The summed E-state index contributed by atoms with van der Waals surface area (Å²) >= 11 is 0. The summed E-state index contributed by atoms with van der Waals surface area (Å²) in [5, 5.41) is 0. The second kappa shape index (κ2) is 4.29. The zero-order chi connectivity index (χ0) is 11.5. The van der Waals surface area contributed by atoms with E-state index >= 15 is 0 Å². The molecule has 3 nitrogen and oxygen atoms in total. The van der Waals surface area contributed by atoms with Crippen molar-refractivity contribution >= 4 is 5.78 Å². The Morgan fingerprint density at radius 3 is 2.73 bits per heavy atom. The molecule has 0 amide bonds. The second-order valence-electron chi connectivity index (χ2n) is 2.78. The van der Waals surface area contributed by atoms with Gasteiger partial charge in [0, 0.05) is 12.3 Å². The first-order valence-corrected chi connectivity index (χ1v) is 4.02. The predicted molar refractivity (Wildman–Crippen MR) is 45.6 cm³/mol. The van der Waals surface area contributed by atoms with Gasteiger partial charge < -0.3 is 4.74 Å². The van der Waals surface area contributed by atoms with Crippen molar-refractivity contribution in [1.29, 1.82) is 0 Å². The van der Waals surface area contributed by atoms with E-state index in [9.17, 15) is 18.0 Å². The van der Waals surface area contributed by atoms with E-state index in [-0.39, 0.29) is 5.69 Å². The molecule has 1 aromatic heterocycles. The highest BCUT2D eigenvalue weighted by Gasteiger charge is 2.38. The normalized spacial score (nSPS) is 11.2. The van der Waals surface area contributed by atoms with Crippen LogP contribution in [0.25, 0.3) is 0 Å². The van der Waals surface area contributed by atoms with Crippen molar-refractivity contribution in [2.45, 2.75) is 12.6 Å². The third-order valence-electron chi connectivity index (χ3n) is 1.68. The van der Waals surface area contributed by atoms with E-state index in [1.807, 2.05) is 0 Å². The molecular weight excluding hydrogens is 211 g/mol. The number of carbonyl (C=O) groups excluding carboxylic acids is 1. The van der Waals surface area contributed by atoms with Gasteiger partial charge in [-0.15, -0.1) is 0 Å². The van der Waals surface area contributed by atoms with E-state index in [1.54, 1.807) is 0 Å². The number of rotatable bonds is 3. The number of carbonyl (C=O) groups is 1. The Kier molecular flexibility index (Phi) is 3.28. The number of halogens is 3. The number of alkyl halides is 3. The van der Waals surface area contributed by atoms with Gasteiger partial charge in [-0.1, -0.05) is 0 Å². The minimum atomic E-state index is -4.81. The SMILES string of the molecule is COc1ccnc(CC(=O)C(F)(F)F)c1. The Balaban J connectivity index is 2.77. The summed E-state index contributed by atoms with van der Waals surface area (Å²) in [6.07, 6.45) is -4.29. The maximum Gasteiger partial charge on any atom is 0.450 e. The molecule has 1 aromatic rings. The fourth-order valence-electron chi connectivity index (χ4n) is 0.944. The van der Waals surface area contributed by atoms with Crippen LogP contribution in [0.4, 0.5) is 13.2 Å². The molecule has 15 heavy (non-hydrogen) atoms. The van der Waals surface area contributed by atoms with Gasteiger partial charge in [0.2, 0.25) is 5.78 Å². The summed E-state index contributed by atoms with van der Waals surface area (Å²) in [4.78, 5) is 14.3. The second-order valence-corrected chi connectivity index (χ2v) is 2.78. The van der Waals surface area contributed by atoms with E-state index in [2.05, 4.69) is 4.98 Å². The molecule has 0 unspecified atom stereocenters. The Hall–Kier alpha value is -1.59. The molecule has 0 aromatic carbocycles. The third-order valence-corrected chi connectivity index (χ3v) is 1.68. The Bertz CT molecular complexity index is 363. The molecule has 6 heteroatoms. The molecule has 0 bridgehead atoms. The van der Waals surface area contributed by atoms with Gasteiger partial charge in [0.1, 0.15) is 5.75 Å². The van der Waals surface area contributed by atoms with Crippen LogP contribution in [0.15, 0.2) is 18.3 Å². The van der Waals surface area contributed by atoms with E-state index in [0.29, 0.717) is 5.75 Å². The van der Waals surface area contributed by atoms with Gasteiger partial charge in [-0.25, -0.2) is 0 Å². The smallest absolute Gasteiger partial charge is 0.450 e. The highest BCUT2D eigenvalue weighted by atomic mass is 19.4. The van der Waals surface area contributed by atoms with Gasteiger partial charge in [0.25, 0.3) is 0 Å². The minimum absolute atomic E-state index is 0.0386. The molecular formula is C9H8F3NO2. The molecule has 0 aliphatic rings. The van der Waals surface area contributed by atoms with E-state index < -0.39 is 18.4 Å². The van der Waals surface area contributed by atoms with E-state index in [4.69, 9.17) is 4.74 Å². The van der Waals surface area contributed by atoms with E-state index in [0.717, 1.165) is 0 Å². The summed E-state index contributed by atoms with van der Waals surface area (Å²) in [5.41, 5.74) is 0.0386. The Morgan fingerprint density at radius 1 is 1.53 bits per heavy atom. The zero-order valence-electron chi connectivity index (χ0n) is 7.84. The first-order chi connectivity index (χ1) is 6.93. The zero-order valence-corrected chi connectivity index (χ0v) is 7.84. The molecule has 82 valence electrons. The first-order valence-electron chi connectivity index (χ1n) is 4.02. The number of hydrogen-bond donors (Lipinski definition) is 0. The van der Waals surface area contributed by atoms with Crippen molar-refractivity contribution in [2.75, 3.05) is 7.11 Å². The van der Waals surface area contributed by atoms with Crippen molar-refractivity contribution in [3.63, 3.8) is 0 Å². The lowest BCUT2D eigenvalue weighted by atomic mass is 10.2. The fraction of sp³-hybridized carbons (Fsp3) is 0.333. The maximum absolute atomic E-state index is 11.9. The van der Waals surface area contributed by atoms with Crippen LogP contribution in [-0.2, 0) is 11.2 Å². The van der Waals surface area contributed by atoms with Gasteiger partial charge in [0.15, 0.2) is 0 Å². The van der Waals surface area contributed by atoms with Gasteiger partial charge in [-0.05, 0) is 6.07 Å². The number of pyridine rings is 1. The van der Waals surface area contributed by atoms with Gasteiger partial charge >= 0.3 is 6.18 Å². The molecule has 0 spiro atoms. The van der Waals surface area contributed by atoms with Crippen molar-refractivity contribution in [3.8, 4) is 5.75 Å². The summed E-state index contributed by atoms with van der Waals surface area (Å²) < 4.78 is 40.5. The molecule has 0 N–H and O–H groups in total. The number of hydrogen-bond acceptors (Lipinski definition) is 3. The molecule has 0 saturated carbocycles. The lowest BCUT2D eigenvalue weighted by molar-refractivity contribution is -0.170. The summed E-state index contributed by atoms with van der Waals surface area (Å²) in [6.45, 7) is 0. The Morgan fingerprint density at radius 2 is 2.20 bits per heavy atom. The number of nitrogens with zero attached hydrogens (tertiary/aromatic N) is 1. The standard InChI is InChI=1S/C9H8F3NO2/c1-15-7-2-3-13-6(4-7)5-8(14)9(10,11)12/h2-4H,5H2,1H3. The summed E-state index contributed by atoms with van der Waals surface area (Å²) in [7, 11) is 1.38. The first kappa shape index (κ1) is 11.5. The number of aromatic nitrogens is 1. The summed E-state index contributed by atoms with van der Waals surface area (Å²) in [6, 6.07) is 2.78. The van der Waals surface area contributed by atoms with Crippen LogP contribution < -0.4 is 4.74 Å². The van der Waals surface area contributed by atoms with Crippen molar-refractivity contribution in [3.05, 3.63) is 24.0 Å². The van der Waals surface area contributed by atoms with Crippen molar-refractivity contribution in [1.82, 2.24) is 4.98 Å². The molecule has 0 aliphatic carbocycles. The lowest BCUT2D eigenvalue weighted by Gasteiger charge is -2.05. The number of ketones is 1. The van der Waals surface area contributed by atoms with Crippen molar-refractivity contribution in [2.24, 2.45) is 0 Å². The van der Waals surface area contributed by atoms with Gasteiger partial charge in [-0.2, -0.15) is 13.2 Å². The van der Waals surface area contributed by atoms with E-state index in [1.165, 1.54) is 25.4 Å². The summed E-state index contributed by atoms with van der Waals surface area (Å²) in [5.74, 6) is -1.45.